The molecule has 26 heavy (non-hydrogen) atoms. The number of hydrogen-bond donors (Lipinski definition) is 3. The lowest BCUT2D eigenvalue weighted by atomic mass is 9.96. The maximum atomic E-state index is 12.9. The quantitative estimate of drug-likeness (QED) is 0.553. The van der Waals surface area contributed by atoms with E-state index in [0.29, 0.717) is 18.8 Å². The summed E-state index contributed by atoms with van der Waals surface area (Å²) in [6.45, 7) is 5.02. The summed E-state index contributed by atoms with van der Waals surface area (Å²) in [6, 6.07) is 5.72. The molecule has 3 N–H and O–H groups in total. The molecule has 2 amide bonds. The second-order valence-electron chi connectivity index (χ2n) is 6.51. The van der Waals surface area contributed by atoms with Crippen molar-refractivity contribution in [3.63, 3.8) is 0 Å². The molecular weight excluding hydrogens is 355 g/mol. The Balaban J connectivity index is 1.80. The number of anilines is 1. The highest BCUT2D eigenvalue weighted by molar-refractivity contribution is 7.80. The van der Waals surface area contributed by atoms with E-state index in [1.54, 1.807) is 17.0 Å². The standard InChI is InChI=1S/C18H25FN4O2S/c1-3-12(2)17(25)23-10-4-5-13(11-23)16(24)21-22-18(26)20-15-8-6-14(19)7-9-15/h6-9,12-13H,3-5,10-11H2,1-2H3,(H,21,24)(H2,20,22,26). The summed E-state index contributed by atoms with van der Waals surface area (Å²) in [5.74, 6) is -0.724. The van der Waals surface area contributed by atoms with Crippen LogP contribution in [-0.2, 0) is 9.59 Å². The lowest BCUT2D eigenvalue weighted by Crippen LogP contribution is -2.51. The fourth-order valence-corrected chi connectivity index (χ4v) is 2.96. The fraction of sp³-hybridized carbons (Fsp3) is 0.500. The van der Waals surface area contributed by atoms with Crippen molar-refractivity contribution in [3.8, 4) is 0 Å². The van der Waals surface area contributed by atoms with Gasteiger partial charge in [-0.15, -0.1) is 0 Å². The Bertz CT molecular complexity index is 653. The van der Waals surface area contributed by atoms with Crippen LogP contribution in [0.15, 0.2) is 24.3 Å². The topological polar surface area (TPSA) is 73.5 Å². The van der Waals surface area contributed by atoms with E-state index in [9.17, 15) is 14.0 Å². The highest BCUT2D eigenvalue weighted by atomic mass is 32.1. The zero-order valence-electron chi connectivity index (χ0n) is 15.0. The molecule has 1 fully saturated rings. The van der Waals surface area contributed by atoms with Gasteiger partial charge in [0.2, 0.25) is 11.8 Å². The van der Waals surface area contributed by atoms with Gasteiger partial charge in [-0.3, -0.25) is 20.4 Å². The summed E-state index contributed by atoms with van der Waals surface area (Å²) in [7, 11) is 0. The van der Waals surface area contributed by atoms with Crippen LogP contribution in [0.5, 0.6) is 0 Å². The summed E-state index contributed by atoms with van der Waals surface area (Å²) >= 11 is 5.11. The van der Waals surface area contributed by atoms with Gasteiger partial charge in [0, 0.05) is 24.7 Å². The van der Waals surface area contributed by atoms with Gasteiger partial charge >= 0.3 is 0 Å². The van der Waals surface area contributed by atoms with Crippen LogP contribution in [0, 0.1) is 17.7 Å². The van der Waals surface area contributed by atoms with E-state index in [2.05, 4.69) is 16.2 Å². The van der Waals surface area contributed by atoms with Crippen molar-refractivity contribution < 1.29 is 14.0 Å². The van der Waals surface area contributed by atoms with E-state index in [-0.39, 0.29) is 34.6 Å². The van der Waals surface area contributed by atoms with E-state index >= 15 is 0 Å². The van der Waals surface area contributed by atoms with Gasteiger partial charge in [-0.25, -0.2) is 4.39 Å². The van der Waals surface area contributed by atoms with Crippen molar-refractivity contribution in [3.05, 3.63) is 30.1 Å². The molecule has 1 aliphatic rings. The lowest BCUT2D eigenvalue weighted by Gasteiger charge is -2.33. The number of carbonyl (C=O) groups excluding carboxylic acids is 2. The largest absolute Gasteiger partial charge is 0.342 e. The third-order valence-electron chi connectivity index (χ3n) is 4.54. The molecule has 2 atom stereocenters. The lowest BCUT2D eigenvalue weighted by molar-refractivity contribution is -0.139. The average molecular weight is 380 g/mol. The molecule has 0 saturated carbocycles. The summed E-state index contributed by atoms with van der Waals surface area (Å²) < 4.78 is 12.9. The van der Waals surface area contributed by atoms with Crippen LogP contribution < -0.4 is 16.2 Å². The Morgan fingerprint density at radius 1 is 1.31 bits per heavy atom. The Labute approximate surface area is 158 Å². The molecule has 0 bridgehead atoms. The number of nitrogens with zero attached hydrogens (tertiary/aromatic N) is 1. The molecule has 2 unspecified atom stereocenters. The van der Waals surface area contributed by atoms with E-state index in [1.165, 1.54) is 12.1 Å². The number of likely N-dealkylation sites (tertiary alicyclic amines) is 1. The highest BCUT2D eigenvalue weighted by Crippen LogP contribution is 2.19. The van der Waals surface area contributed by atoms with Gasteiger partial charge < -0.3 is 10.2 Å². The molecule has 142 valence electrons. The maximum absolute atomic E-state index is 12.9. The van der Waals surface area contributed by atoms with Crippen molar-refractivity contribution in [1.29, 1.82) is 0 Å². The molecule has 0 spiro atoms. The van der Waals surface area contributed by atoms with Crippen LogP contribution in [0.4, 0.5) is 10.1 Å². The summed E-state index contributed by atoms with van der Waals surface area (Å²) in [4.78, 5) is 26.4. The van der Waals surface area contributed by atoms with Crippen LogP contribution in [0.3, 0.4) is 0 Å². The maximum Gasteiger partial charge on any atom is 0.243 e. The fourth-order valence-electron chi connectivity index (χ4n) is 2.79. The van der Waals surface area contributed by atoms with Crippen molar-refractivity contribution in [2.75, 3.05) is 18.4 Å². The van der Waals surface area contributed by atoms with Crippen LogP contribution in [0.1, 0.15) is 33.1 Å². The third kappa shape index (κ3) is 5.66. The number of rotatable bonds is 4. The van der Waals surface area contributed by atoms with E-state index in [4.69, 9.17) is 12.2 Å². The molecule has 1 aromatic carbocycles. The number of hydrazine groups is 1. The minimum absolute atomic E-state index is 0.0255. The molecular formula is C18H25FN4O2S. The number of hydrogen-bond acceptors (Lipinski definition) is 3. The number of amides is 2. The second-order valence-corrected chi connectivity index (χ2v) is 6.92. The number of carbonyl (C=O) groups is 2. The van der Waals surface area contributed by atoms with Gasteiger partial charge in [0.1, 0.15) is 5.82 Å². The van der Waals surface area contributed by atoms with Crippen molar-refractivity contribution in [2.24, 2.45) is 11.8 Å². The SMILES string of the molecule is CCC(C)C(=O)N1CCCC(C(=O)NNC(=S)Nc2ccc(F)cc2)C1. The minimum atomic E-state index is -0.337. The summed E-state index contributed by atoms with van der Waals surface area (Å²) in [5.41, 5.74) is 5.84. The van der Waals surface area contributed by atoms with Crippen molar-refractivity contribution in [1.82, 2.24) is 15.8 Å². The number of piperidine rings is 1. The first-order valence-corrected chi connectivity index (χ1v) is 9.22. The Morgan fingerprint density at radius 2 is 2.00 bits per heavy atom. The third-order valence-corrected chi connectivity index (χ3v) is 4.74. The van der Waals surface area contributed by atoms with E-state index in [1.807, 2.05) is 13.8 Å². The first-order chi connectivity index (χ1) is 12.4. The van der Waals surface area contributed by atoms with Crippen molar-refractivity contribution in [2.45, 2.75) is 33.1 Å². The molecule has 0 aromatic heterocycles. The predicted octanol–water partition coefficient (Wildman–Crippen LogP) is 2.43. The van der Waals surface area contributed by atoms with Gasteiger partial charge in [0.05, 0.1) is 5.92 Å². The monoisotopic (exact) mass is 380 g/mol. The first-order valence-electron chi connectivity index (χ1n) is 8.82. The molecule has 1 saturated heterocycles. The van der Waals surface area contributed by atoms with Crippen LogP contribution in [0.25, 0.3) is 0 Å². The van der Waals surface area contributed by atoms with Gasteiger partial charge in [-0.05, 0) is 55.7 Å². The number of nitrogens with one attached hydrogen (secondary N) is 3. The first kappa shape index (κ1) is 20.1. The number of thiocarbonyl (C=S) groups is 1. The number of halogens is 1. The van der Waals surface area contributed by atoms with Crippen molar-refractivity contribution >= 4 is 34.8 Å². The van der Waals surface area contributed by atoms with Gasteiger partial charge in [-0.2, -0.15) is 0 Å². The summed E-state index contributed by atoms with van der Waals surface area (Å²) in [5, 5.41) is 3.05. The molecule has 8 heteroatoms. The second kappa shape index (κ2) is 9.47. The minimum Gasteiger partial charge on any atom is -0.342 e. The Kier molecular flexibility index (Phi) is 7.32. The van der Waals surface area contributed by atoms with E-state index < -0.39 is 0 Å². The molecule has 6 nitrogen and oxygen atoms in total. The normalized spacial score (nSPS) is 18.0. The summed E-state index contributed by atoms with van der Waals surface area (Å²) in [6.07, 6.45) is 2.32. The van der Waals surface area contributed by atoms with Crippen LogP contribution in [0.2, 0.25) is 0 Å². The van der Waals surface area contributed by atoms with Gasteiger partial charge in [0.25, 0.3) is 0 Å². The molecule has 1 aliphatic heterocycles. The van der Waals surface area contributed by atoms with Gasteiger partial charge in [0.15, 0.2) is 5.11 Å². The van der Waals surface area contributed by atoms with Gasteiger partial charge in [-0.1, -0.05) is 13.8 Å². The predicted molar refractivity (Wildman–Crippen MR) is 103 cm³/mol. The van der Waals surface area contributed by atoms with Crippen LogP contribution in [-0.4, -0.2) is 34.9 Å². The molecule has 1 heterocycles. The number of benzene rings is 1. The molecule has 2 rings (SSSR count). The molecule has 0 radical (unpaired) electrons. The molecule has 1 aromatic rings. The Morgan fingerprint density at radius 3 is 2.65 bits per heavy atom. The zero-order valence-corrected chi connectivity index (χ0v) is 15.9. The van der Waals surface area contributed by atoms with Crippen LogP contribution >= 0.6 is 12.2 Å². The average Bonchev–Trinajstić information content (AvgIpc) is 2.66. The molecule has 0 aliphatic carbocycles. The zero-order chi connectivity index (χ0) is 19.1. The Hall–Kier alpha value is -2.22. The van der Waals surface area contributed by atoms with E-state index in [0.717, 1.165) is 19.3 Å². The smallest absolute Gasteiger partial charge is 0.243 e. The highest BCUT2D eigenvalue weighted by Gasteiger charge is 2.29.